The lowest BCUT2D eigenvalue weighted by atomic mass is 10.1. The number of carbonyl (C=O) groups excluding carboxylic acids is 1. The van der Waals surface area contributed by atoms with Crippen LogP contribution in [0.3, 0.4) is 0 Å². The Bertz CT molecular complexity index is 1270. The fourth-order valence-corrected chi connectivity index (χ4v) is 3.38. The zero-order valence-electron chi connectivity index (χ0n) is 18.7. The van der Waals surface area contributed by atoms with Crippen LogP contribution in [0.5, 0.6) is 11.5 Å². The Balaban J connectivity index is 1.64. The van der Waals surface area contributed by atoms with E-state index in [0.29, 0.717) is 17.2 Å². The molecule has 4 aromatic rings. The average Bonchev–Trinajstić information content (AvgIpc) is 3.31. The predicted octanol–water partition coefficient (Wildman–Crippen LogP) is 4.63. The van der Waals surface area contributed by atoms with Crippen molar-refractivity contribution < 1.29 is 14.3 Å². The molecule has 0 saturated carbocycles. The number of hydrogen-bond acceptors (Lipinski definition) is 5. The molecule has 0 radical (unpaired) electrons. The number of benzene rings is 2. The monoisotopic (exact) mass is 440 g/mol. The van der Waals surface area contributed by atoms with Crippen LogP contribution in [-0.4, -0.2) is 41.9 Å². The number of ether oxygens (including phenoxy) is 2. The van der Waals surface area contributed by atoms with E-state index in [1.165, 1.54) is 6.08 Å². The van der Waals surface area contributed by atoms with Gasteiger partial charge in [0.15, 0.2) is 11.5 Å². The minimum absolute atomic E-state index is 0.188. The van der Waals surface area contributed by atoms with Gasteiger partial charge in [-0.15, -0.1) is 0 Å². The number of aromatic nitrogens is 3. The number of hydrogen-bond donors (Lipinski definition) is 0. The molecule has 2 aromatic heterocycles. The number of amides is 1. The summed E-state index contributed by atoms with van der Waals surface area (Å²) < 4.78 is 12.4. The molecule has 1 amide bonds. The molecule has 0 aliphatic carbocycles. The summed E-state index contributed by atoms with van der Waals surface area (Å²) in [4.78, 5) is 18.7. The van der Waals surface area contributed by atoms with Gasteiger partial charge in [-0.2, -0.15) is 5.10 Å². The van der Waals surface area contributed by atoms with E-state index in [9.17, 15) is 4.79 Å². The van der Waals surface area contributed by atoms with Gasteiger partial charge in [0, 0.05) is 54.6 Å². The van der Waals surface area contributed by atoms with E-state index in [0.717, 1.165) is 22.5 Å². The molecule has 0 saturated heterocycles. The minimum atomic E-state index is -0.188. The van der Waals surface area contributed by atoms with Crippen LogP contribution >= 0.6 is 0 Å². The third-order valence-corrected chi connectivity index (χ3v) is 5.19. The first-order chi connectivity index (χ1) is 16.1. The molecule has 2 aromatic carbocycles. The van der Waals surface area contributed by atoms with E-state index in [2.05, 4.69) is 4.98 Å². The van der Waals surface area contributed by atoms with Crippen LogP contribution in [-0.2, 0) is 4.79 Å². The van der Waals surface area contributed by atoms with Gasteiger partial charge in [0.25, 0.3) is 5.91 Å². The number of anilines is 1. The van der Waals surface area contributed by atoms with Gasteiger partial charge in [0.2, 0.25) is 0 Å². The maximum absolute atomic E-state index is 12.9. The quantitative estimate of drug-likeness (QED) is 0.392. The van der Waals surface area contributed by atoms with Crippen LogP contribution in [0.1, 0.15) is 5.56 Å². The maximum Gasteiger partial charge on any atom is 0.250 e. The average molecular weight is 441 g/mol. The largest absolute Gasteiger partial charge is 0.493 e. The van der Waals surface area contributed by atoms with E-state index < -0.39 is 0 Å². The molecule has 0 spiro atoms. The molecule has 33 heavy (non-hydrogen) atoms. The van der Waals surface area contributed by atoms with Gasteiger partial charge in [0.1, 0.15) is 5.69 Å². The highest BCUT2D eigenvalue weighted by atomic mass is 16.5. The molecular weight excluding hydrogens is 416 g/mol. The highest BCUT2D eigenvalue weighted by molar-refractivity contribution is 6.04. The molecule has 7 nitrogen and oxygen atoms in total. The molecular formula is C26H24N4O3. The Morgan fingerprint density at radius 2 is 1.79 bits per heavy atom. The van der Waals surface area contributed by atoms with Crippen molar-refractivity contribution >= 4 is 17.7 Å². The van der Waals surface area contributed by atoms with E-state index in [1.54, 1.807) is 61.5 Å². The molecule has 0 aliphatic rings. The number of carbonyl (C=O) groups is 1. The lowest BCUT2D eigenvalue weighted by Crippen LogP contribution is -2.23. The van der Waals surface area contributed by atoms with Gasteiger partial charge < -0.3 is 14.4 Å². The van der Waals surface area contributed by atoms with E-state index in [-0.39, 0.29) is 5.91 Å². The highest BCUT2D eigenvalue weighted by Gasteiger charge is 2.14. The molecule has 0 unspecified atom stereocenters. The number of methoxy groups -OCH3 is 2. The Labute approximate surface area is 192 Å². The summed E-state index contributed by atoms with van der Waals surface area (Å²) in [6, 6.07) is 19.0. The summed E-state index contributed by atoms with van der Waals surface area (Å²) in [6.45, 7) is 0. The second kappa shape index (κ2) is 9.82. The fraction of sp³-hybridized carbons (Fsp3) is 0.115. The summed E-state index contributed by atoms with van der Waals surface area (Å²) in [5, 5.41) is 4.74. The number of pyridine rings is 1. The van der Waals surface area contributed by atoms with E-state index in [1.807, 2.05) is 54.7 Å². The van der Waals surface area contributed by atoms with Crippen LogP contribution in [0.25, 0.3) is 23.0 Å². The van der Waals surface area contributed by atoms with Crippen molar-refractivity contribution in [3.8, 4) is 28.4 Å². The second-order valence-corrected chi connectivity index (χ2v) is 7.22. The Hall–Kier alpha value is -4.39. The number of nitrogens with zero attached hydrogens (tertiary/aromatic N) is 4. The molecule has 166 valence electrons. The van der Waals surface area contributed by atoms with E-state index >= 15 is 0 Å². The van der Waals surface area contributed by atoms with Gasteiger partial charge in [-0.25, -0.2) is 4.68 Å². The first-order valence-electron chi connectivity index (χ1n) is 10.3. The summed E-state index contributed by atoms with van der Waals surface area (Å²) in [7, 11) is 4.85. The van der Waals surface area contributed by atoms with Crippen molar-refractivity contribution in [1.29, 1.82) is 0 Å². The first-order valence-corrected chi connectivity index (χ1v) is 10.3. The van der Waals surface area contributed by atoms with Crippen molar-refractivity contribution in [1.82, 2.24) is 14.8 Å². The number of para-hydroxylation sites is 1. The number of likely N-dealkylation sites (N-methyl/N-ethyl adjacent to an activating group) is 1. The Kier molecular flexibility index (Phi) is 6.50. The fourth-order valence-electron chi connectivity index (χ4n) is 3.38. The highest BCUT2D eigenvalue weighted by Crippen LogP contribution is 2.31. The summed E-state index contributed by atoms with van der Waals surface area (Å²) in [6.07, 6.45) is 8.68. The molecule has 4 rings (SSSR count). The SMILES string of the molecule is COc1ccc(N(C)C(=O)/C=C/c2cn(-c3ccccc3)nc2-c2cccnc2)cc1OC. The normalized spacial score (nSPS) is 10.9. The maximum atomic E-state index is 12.9. The molecule has 7 heteroatoms. The first kappa shape index (κ1) is 21.8. The number of rotatable bonds is 7. The van der Waals surface area contributed by atoms with Gasteiger partial charge in [-0.1, -0.05) is 18.2 Å². The van der Waals surface area contributed by atoms with Crippen LogP contribution in [0.4, 0.5) is 5.69 Å². The Morgan fingerprint density at radius 3 is 2.48 bits per heavy atom. The zero-order valence-corrected chi connectivity index (χ0v) is 18.7. The van der Waals surface area contributed by atoms with Crippen molar-refractivity contribution in [3.63, 3.8) is 0 Å². The molecule has 0 aliphatic heterocycles. The van der Waals surface area contributed by atoms with Gasteiger partial charge >= 0.3 is 0 Å². The summed E-state index contributed by atoms with van der Waals surface area (Å²) in [5.74, 6) is 0.973. The summed E-state index contributed by atoms with van der Waals surface area (Å²) in [5.41, 5.74) is 4.03. The minimum Gasteiger partial charge on any atom is -0.493 e. The summed E-state index contributed by atoms with van der Waals surface area (Å²) >= 11 is 0. The topological polar surface area (TPSA) is 69.5 Å². The van der Waals surface area contributed by atoms with Gasteiger partial charge in [0.05, 0.1) is 19.9 Å². The smallest absolute Gasteiger partial charge is 0.250 e. The van der Waals surface area contributed by atoms with Crippen molar-refractivity contribution in [2.75, 3.05) is 26.2 Å². The molecule has 0 atom stereocenters. The van der Waals surface area contributed by atoms with Crippen LogP contribution in [0, 0.1) is 0 Å². The lowest BCUT2D eigenvalue weighted by Gasteiger charge is -2.17. The molecule has 2 heterocycles. The van der Waals surface area contributed by atoms with Gasteiger partial charge in [-0.3, -0.25) is 9.78 Å². The third-order valence-electron chi connectivity index (χ3n) is 5.19. The molecule has 0 N–H and O–H groups in total. The standard InChI is InChI=1S/C26H24N4O3/c1-29(22-12-13-23(32-2)24(16-22)33-3)25(31)14-11-20-18-30(21-9-5-4-6-10-21)28-26(20)19-8-7-15-27-17-19/h4-18H,1-3H3/b14-11+. The van der Waals surface area contributed by atoms with E-state index in [4.69, 9.17) is 14.6 Å². The Morgan fingerprint density at radius 1 is 1.00 bits per heavy atom. The third kappa shape index (κ3) is 4.77. The van der Waals surface area contributed by atoms with Gasteiger partial charge in [-0.05, 0) is 42.5 Å². The predicted molar refractivity (Wildman–Crippen MR) is 129 cm³/mol. The molecule has 0 bridgehead atoms. The van der Waals surface area contributed by atoms with Crippen LogP contribution < -0.4 is 14.4 Å². The van der Waals surface area contributed by atoms with Crippen LogP contribution in [0.15, 0.2) is 85.3 Å². The molecule has 0 fully saturated rings. The van der Waals surface area contributed by atoms with Crippen molar-refractivity contribution in [3.05, 3.63) is 90.9 Å². The zero-order chi connectivity index (χ0) is 23.2. The van der Waals surface area contributed by atoms with Crippen LogP contribution in [0.2, 0.25) is 0 Å². The lowest BCUT2D eigenvalue weighted by molar-refractivity contribution is -0.113. The second-order valence-electron chi connectivity index (χ2n) is 7.22. The van der Waals surface area contributed by atoms with Crippen molar-refractivity contribution in [2.45, 2.75) is 0 Å². The van der Waals surface area contributed by atoms with Crippen molar-refractivity contribution in [2.24, 2.45) is 0 Å².